The number of hydrogen-bond donors (Lipinski definition) is 0. The van der Waals surface area contributed by atoms with Crippen molar-refractivity contribution in [2.24, 2.45) is 0 Å². The van der Waals surface area contributed by atoms with E-state index >= 15 is 0 Å². The van der Waals surface area contributed by atoms with Gasteiger partial charge in [0.2, 0.25) is 0 Å². The molecule has 2 heteroatoms. The van der Waals surface area contributed by atoms with Crippen molar-refractivity contribution in [3.63, 3.8) is 0 Å². The number of benzene rings is 4. The Balaban J connectivity index is 1.88. The van der Waals surface area contributed by atoms with E-state index in [4.69, 9.17) is 0 Å². The number of nitrogens with zero attached hydrogens (tertiary/aromatic N) is 1. The van der Waals surface area contributed by atoms with Crippen LogP contribution < -0.4 is 5.19 Å². The highest BCUT2D eigenvalue weighted by molar-refractivity contribution is 6.88. The van der Waals surface area contributed by atoms with E-state index in [2.05, 4.69) is 96.8 Å². The summed E-state index contributed by atoms with van der Waals surface area (Å²) in [7, 11) is -1.34. The molecule has 6 aromatic rings. The average molecular weight is 364 g/mol. The van der Waals surface area contributed by atoms with E-state index in [1.165, 1.54) is 54.1 Å². The standard InChI is InChI=1S/C25H21NSi/c1-27(2,3)18-11-12-23-22(15-18)20-10-6-9-19-21-13-16-7-4-5-8-17(16)14-24(21)26(23)25(19)20/h4-15H,1-3H3. The zero-order valence-electron chi connectivity index (χ0n) is 15.9. The van der Waals surface area contributed by atoms with Crippen molar-refractivity contribution in [2.45, 2.75) is 19.6 Å². The molecule has 0 aliphatic carbocycles. The molecule has 0 radical (unpaired) electrons. The highest BCUT2D eigenvalue weighted by Crippen LogP contribution is 2.39. The van der Waals surface area contributed by atoms with Crippen LogP contribution in [0.5, 0.6) is 0 Å². The maximum atomic E-state index is 2.48. The quantitative estimate of drug-likeness (QED) is 0.292. The maximum absolute atomic E-state index is 2.48. The second kappa shape index (κ2) is 4.90. The molecular weight excluding hydrogens is 342 g/mol. The molecule has 0 atom stereocenters. The van der Waals surface area contributed by atoms with Gasteiger partial charge in [0.05, 0.1) is 24.6 Å². The van der Waals surface area contributed by atoms with Gasteiger partial charge in [-0.15, -0.1) is 0 Å². The highest BCUT2D eigenvalue weighted by Gasteiger charge is 2.21. The predicted molar refractivity (Wildman–Crippen MR) is 122 cm³/mol. The van der Waals surface area contributed by atoms with Gasteiger partial charge in [0.15, 0.2) is 0 Å². The topological polar surface area (TPSA) is 4.41 Å². The molecule has 0 bridgehead atoms. The van der Waals surface area contributed by atoms with Gasteiger partial charge in [-0.25, -0.2) is 0 Å². The summed E-state index contributed by atoms with van der Waals surface area (Å²) in [6.07, 6.45) is 0. The van der Waals surface area contributed by atoms with Crippen molar-refractivity contribution < 1.29 is 0 Å². The molecule has 6 rings (SSSR count). The van der Waals surface area contributed by atoms with Gasteiger partial charge >= 0.3 is 0 Å². The Kier molecular flexibility index (Phi) is 2.77. The van der Waals surface area contributed by atoms with Crippen molar-refractivity contribution in [1.29, 1.82) is 0 Å². The van der Waals surface area contributed by atoms with Crippen molar-refractivity contribution in [2.75, 3.05) is 0 Å². The first-order valence-electron chi connectivity index (χ1n) is 9.63. The van der Waals surface area contributed by atoms with Crippen LogP contribution in [0.2, 0.25) is 19.6 Å². The molecule has 27 heavy (non-hydrogen) atoms. The summed E-state index contributed by atoms with van der Waals surface area (Å²) in [6.45, 7) is 7.27. The SMILES string of the molecule is C[Si](C)(C)c1ccc2c(c1)c1cccc3c4cc5ccccc5cc4n2c13. The van der Waals surface area contributed by atoms with E-state index in [1.54, 1.807) is 0 Å². The monoisotopic (exact) mass is 363 g/mol. The third kappa shape index (κ3) is 1.94. The summed E-state index contributed by atoms with van der Waals surface area (Å²) in [5.74, 6) is 0. The number of para-hydroxylation sites is 1. The molecule has 0 aliphatic heterocycles. The predicted octanol–water partition coefficient (Wildman–Crippen LogP) is 6.54. The summed E-state index contributed by atoms with van der Waals surface area (Å²) in [6, 6.07) is 27.3. The molecule has 1 nitrogen and oxygen atoms in total. The minimum absolute atomic E-state index is 1.30. The second-order valence-corrected chi connectivity index (χ2v) is 13.8. The van der Waals surface area contributed by atoms with Crippen LogP contribution in [0.15, 0.2) is 72.8 Å². The molecule has 0 N–H and O–H groups in total. The first-order chi connectivity index (χ1) is 13.0. The van der Waals surface area contributed by atoms with Crippen LogP contribution in [0.4, 0.5) is 0 Å². The molecule has 0 unspecified atom stereocenters. The number of aromatic nitrogens is 1. The molecule has 0 amide bonds. The molecule has 2 heterocycles. The van der Waals surface area contributed by atoms with Gasteiger partial charge in [0.1, 0.15) is 0 Å². The fourth-order valence-electron chi connectivity index (χ4n) is 4.63. The smallest absolute Gasteiger partial charge is 0.0776 e. The van der Waals surface area contributed by atoms with E-state index in [1.807, 2.05) is 0 Å². The van der Waals surface area contributed by atoms with E-state index in [9.17, 15) is 0 Å². The van der Waals surface area contributed by atoms with Gasteiger partial charge in [-0.1, -0.05) is 79.4 Å². The van der Waals surface area contributed by atoms with Crippen molar-refractivity contribution in [1.82, 2.24) is 4.40 Å². The van der Waals surface area contributed by atoms with Crippen LogP contribution in [0.25, 0.3) is 48.9 Å². The van der Waals surface area contributed by atoms with Crippen LogP contribution in [0, 0.1) is 0 Å². The zero-order valence-corrected chi connectivity index (χ0v) is 16.9. The molecular formula is C25H21NSi. The van der Waals surface area contributed by atoms with Gasteiger partial charge in [0, 0.05) is 21.5 Å². The minimum atomic E-state index is -1.34. The third-order valence-electron chi connectivity index (χ3n) is 6.05. The van der Waals surface area contributed by atoms with Gasteiger partial charge < -0.3 is 4.40 Å². The van der Waals surface area contributed by atoms with Crippen molar-refractivity contribution in [3.05, 3.63) is 72.8 Å². The number of hydrogen-bond acceptors (Lipinski definition) is 0. The molecule has 0 spiro atoms. The highest BCUT2D eigenvalue weighted by atomic mass is 28.3. The van der Waals surface area contributed by atoms with Crippen LogP contribution in [-0.4, -0.2) is 12.5 Å². The Morgan fingerprint density at radius 3 is 1.96 bits per heavy atom. The van der Waals surface area contributed by atoms with Gasteiger partial charge in [-0.3, -0.25) is 0 Å². The minimum Gasteiger partial charge on any atom is -0.308 e. The summed E-state index contributed by atoms with van der Waals surface area (Å²) >= 11 is 0. The lowest BCUT2D eigenvalue weighted by molar-refractivity contribution is 1.37. The second-order valence-electron chi connectivity index (χ2n) is 8.74. The number of fused-ring (bicyclic) bond motifs is 7. The Bertz CT molecular complexity index is 1500. The van der Waals surface area contributed by atoms with Crippen molar-refractivity contribution in [3.8, 4) is 0 Å². The zero-order chi connectivity index (χ0) is 18.3. The summed E-state index contributed by atoms with van der Waals surface area (Å²) in [5, 5.41) is 9.62. The molecule has 0 saturated carbocycles. The fourth-order valence-corrected chi connectivity index (χ4v) is 5.79. The normalized spacial score (nSPS) is 13.0. The summed E-state index contributed by atoms with van der Waals surface area (Å²) < 4.78 is 2.48. The fraction of sp³-hybridized carbons (Fsp3) is 0.120. The largest absolute Gasteiger partial charge is 0.308 e. The molecule has 0 saturated heterocycles. The van der Waals surface area contributed by atoms with E-state index in [0.717, 1.165) is 0 Å². The average Bonchev–Trinajstić information content (AvgIpc) is 3.16. The van der Waals surface area contributed by atoms with Gasteiger partial charge in [-0.2, -0.15) is 0 Å². The summed E-state index contributed by atoms with van der Waals surface area (Å²) in [5.41, 5.74) is 4.01. The van der Waals surface area contributed by atoms with Crippen LogP contribution in [0.1, 0.15) is 0 Å². The van der Waals surface area contributed by atoms with Crippen LogP contribution >= 0.6 is 0 Å². The molecule has 2 aromatic heterocycles. The molecule has 0 aliphatic rings. The lowest BCUT2D eigenvalue weighted by atomic mass is 10.0. The van der Waals surface area contributed by atoms with E-state index in [-0.39, 0.29) is 0 Å². The Morgan fingerprint density at radius 2 is 1.26 bits per heavy atom. The third-order valence-corrected chi connectivity index (χ3v) is 8.09. The first kappa shape index (κ1) is 15.2. The maximum Gasteiger partial charge on any atom is 0.0776 e. The summed E-state index contributed by atoms with van der Waals surface area (Å²) in [4.78, 5) is 0. The molecule has 4 aromatic carbocycles. The van der Waals surface area contributed by atoms with Crippen LogP contribution in [-0.2, 0) is 0 Å². The Labute approximate surface area is 159 Å². The van der Waals surface area contributed by atoms with Gasteiger partial charge in [-0.05, 0) is 29.0 Å². The van der Waals surface area contributed by atoms with Crippen molar-refractivity contribution >= 4 is 62.1 Å². The molecule has 0 fully saturated rings. The van der Waals surface area contributed by atoms with Gasteiger partial charge in [0.25, 0.3) is 0 Å². The van der Waals surface area contributed by atoms with E-state index < -0.39 is 8.07 Å². The number of rotatable bonds is 1. The van der Waals surface area contributed by atoms with E-state index in [0.29, 0.717) is 0 Å². The Morgan fingerprint density at radius 1 is 0.593 bits per heavy atom. The lowest BCUT2D eigenvalue weighted by Crippen LogP contribution is -2.37. The molecule has 130 valence electrons. The first-order valence-corrected chi connectivity index (χ1v) is 13.1. The Hall–Kier alpha value is -2.84. The lowest BCUT2D eigenvalue weighted by Gasteiger charge is -2.16. The van der Waals surface area contributed by atoms with Crippen LogP contribution in [0.3, 0.4) is 0 Å².